The Morgan fingerprint density at radius 2 is 2.05 bits per heavy atom. The predicted molar refractivity (Wildman–Crippen MR) is 76.4 cm³/mol. The van der Waals surface area contributed by atoms with Gasteiger partial charge in [0, 0.05) is 24.8 Å². The number of hydrogen-bond donors (Lipinski definition) is 2. The Morgan fingerprint density at radius 3 is 2.68 bits per heavy atom. The molecule has 2 rings (SSSR count). The van der Waals surface area contributed by atoms with Crippen LogP contribution in [0, 0.1) is 6.92 Å². The normalized spacial score (nSPS) is 17.3. The number of hydrogen-bond acceptors (Lipinski definition) is 3. The Kier molecular flexibility index (Phi) is 4.43. The van der Waals surface area contributed by atoms with Crippen LogP contribution in [0.4, 0.5) is 5.69 Å². The Morgan fingerprint density at radius 1 is 1.37 bits per heavy atom. The van der Waals surface area contributed by atoms with Crippen molar-refractivity contribution in [2.75, 3.05) is 18.0 Å². The molecule has 1 aromatic rings. The number of aryl methyl sites for hydroxylation is 1. The Bertz CT molecular complexity index is 453. The minimum absolute atomic E-state index is 0.0235. The molecule has 3 N–H and O–H groups in total. The van der Waals surface area contributed by atoms with Crippen molar-refractivity contribution >= 4 is 11.7 Å². The summed E-state index contributed by atoms with van der Waals surface area (Å²) in [4.78, 5) is 13.2. The maximum Gasteiger partial charge on any atom is 0.305 e. The van der Waals surface area contributed by atoms with Crippen molar-refractivity contribution in [3.05, 3.63) is 29.3 Å². The lowest BCUT2D eigenvalue weighted by molar-refractivity contribution is -0.137. The number of benzene rings is 1. The standard InChI is InChI=1S/C15H22N2O2/c1-11-5-6-14(17-7-3-2-4-8-17)12(9-11)13(16)10-15(18)19/h5-6,9,13H,2-4,7-8,10,16H2,1H3,(H,18,19). The summed E-state index contributed by atoms with van der Waals surface area (Å²) in [5.41, 5.74) is 9.26. The molecule has 0 aromatic heterocycles. The molecule has 0 aliphatic carbocycles. The summed E-state index contributed by atoms with van der Waals surface area (Å²) >= 11 is 0. The summed E-state index contributed by atoms with van der Waals surface area (Å²) < 4.78 is 0. The molecular formula is C15H22N2O2. The van der Waals surface area contributed by atoms with Crippen molar-refractivity contribution in [3.63, 3.8) is 0 Å². The van der Waals surface area contributed by atoms with E-state index < -0.39 is 12.0 Å². The summed E-state index contributed by atoms with van der Waals surface area (Å²) in [5.74, 6) is -0.849. The topological polar surface area (TPSA) is 66.6 Å². The number of rotatable bonds is 4. The van der Waals surface area contributed by atoms with E-state index in [2.05, 4.69) is 17.0 Å². The molecule has 0 spiro atoms. The molecule has 4 nitrogen and oxygen atoms in total. The van der Waals surface area contributed by atoms with E-state index in [0.717, 1.165) is 29.9 Å². The first-order valence-corrected chi connectivity index (χ1v) is 6.91. The van der Waals surface area contributed by atoms with Crippen molar-refractivity contribution in [2.45, 2.75) is 38.6 Å². The summed E-state index contributed by atoms with van der Waals surface area (Å²) in [6, 6.07) is 5.74. The van der Waals surface area contributed by atoms with E-state index in [1.807, 2.05) is 13.0 Å². The zero-order valence-electron chi connectivity index (χ0n) is 11.4. The van der Waals surface area contributed by atoms with Crippen LogP contribution in [-0.4, -0.2) is 24.2 Å². The molecule has 1 fully saturated rings. The highest BCUT2D eigenvalue weighted by molar-refractivity contribution is 5.69. The summed E-state index contributed by atoms with van der Waals surface area (Å²) in [5, 5.41) is 8.92. The monoisotopic (exact) mass is 262 g/mol. The maximum atomic E-state index is 10.9. The summed E-state index contributed by atoms with van der Waals surface area (Å²) in [6.45, 7) is 4.09. The lowest BCUT2D eigenvalue weighted by atomic mass is 9.98. The van der Waals surface area contributed by atoms with Gasteiger partial charge in [0.1, 0.15) is 0 Å². The number of carboxylic acid groups (broad SMARTS) is 1. The van der Waals surface area contributed by atoms with Gasteiger partial charge in [0.2, 0.25) is 0 Å². The first-order valence-electron chi connectivity index (χ1n) is 6.91. The second-order valence-electron chi connectivity index (χ2n) is 5.31. The van der Waals surface area contributed by atoms with Crippen LogP contribution in [-0.2, 0) is 4.79 Å². The fourth-order valence-electron chi connectivity index (χ4n) is 2.69. The van der Waals surface area contributed by atoms with Gasteiger partial charge < -0.3 is 15.7 Å². The Hall–Kier alpha value is -1.55. The first-order chi connectivity index (χ1) is 9.08. The van der Waals surface area contributed by atoms with Crippen molar-refractivity contribution in [3.8, 4) is 0 Å². The largest absolute Gasteiger partial charge is 0.481 e. The van der Waals surface area contributed by atoms with Gasteiger partial charge in [-0.05, 0) is 37.8 Å². The van der Waals surface area contributed by atoms with E-state index in [1.54, 1.807) is 0 Å². The quantitative estimate of drug-likeness (QED) is 0.874. The Labute approximate surface area is 114 Å². The molecule has 1 aromatic carbocycles. The maximum absolute atomic E-state index is 10.9. The molecule has 0 bridgehead atoms. The van der Waals surface area contributed by atoms with Crippen LogP contribution in [0.5, 0.6) is 0 Å². The van der Waals surface area contributed by atoms with Crippen molar-refractivity contribution in [2.24, 2.45) is 5.73 Å². The van der Waals surface area contributed by atoms with Crippen molar-refractivity contribution < 1.29 is 9.90 Å². The number of aliphatic carboxylic acids is 1. The minimum Gasteiger partial charge on any atom is -0.481 e. The van der Waals surface area contributed by atoms with Gasteiger partial charge in [0.25, 0.3) is 0 Å². The van der Waals surface area contributed by atoms with Gasteiger partial charge in [-0.25, -0.2) is 0 Å². The molecule has 1 unspecified atom stereocenters. The fourth-order valence-corrected chi connectivity index (χ4v) is 2.69. The number of carbonyl (C=O) groups is 1. The van der Waals surface area contributed by atoms with E-state index in [0.29, 0.717) is 0 Å². The molecule has 1 aliphatic rings. The highest BCUT2D eigenvalue weighted by Crippen LogP contribution is 2.30. The van der Waals surface area contributed by atoms with Crippen LogP contribution in [0.25, 0.3) is 0 Å². The molecule has 1 saturated heterocycles. The van der Waals surface area contributed by atoms with Crippen molar-refractivity contribution in [1.82, 2.24) is 0 Å². The lowest BCUT2D eigenvalue weighted by Crippen LogP contribution is -2.31. The average Bonchev–Trinajstić information content (AvgIpc) is 2.39. The molecule has 104 valence electrons. The zero-order chi connectivity index (χ0) is 13.8. The predicted octanol–water partition coefficient (Wildman–Crippen LogP) is 2.46. The third-order valence-electron chi connectivity index (χ3n) is 3.67. The number of nitrogens with two attached hydrogens (primary N) is 1. The smallest absolute Gasteiger partial charge is 0.305 e. The second-order valence-corrected chi connectivity index (χ2v) is 5.31. The second kappa shape index (κ2) is 6.06. The van der Waals surface area contributed by atoms with Crippen LogP contribution in [0.2, 0.25) is 0 Å². The molecule has 1 atom stereocenters. The first kappa shape index (κ1) is 13.9. The van der Waals surface area contributed by atoms with E-state index in [4.69, 9.17) is 10.8 Å². The number of piperidine rings is 1. The van der Waals surface area contributed by atoms with E-state index in [-0.39, 0.29) is 6.42 Å². The molecular weight excluding hydrogens is 240 g/mol. The van der Waals surface area contributed by atoms with Gasteiger partial charge in [-0.3, -0.25) is 4.79 Å². The average molecular weight is 262 g/mol. The Balaban J connectivity index is 2.28. The third kappa shape index (κ3) is 3.47. The number of carboxylic acids is 1. The SMILES string of the molecule is Cc1ccc(N2CCCCC2)c(C(N)CC(=O)O)c1. The van der Waals surface area contributed by atoms with E-state index >= 15 is 0 Å². The minimum atomic E-state index is -0.849. The van der Waals surface area contributed by atoms with Gasteiger partial charge in [-0.1, -0.05) is 17.7 Å². The summed E-state index contributed by atoms with van der Waals surface area (Å²) in [6.07, 6.45) is 3.64. The van der Waals surface area contributed by atoms with Crippen LogP contribution in [0.3, 0.4) is 0 Å². The van der Waals surface area contributed by atoms with Gasteiger partial charge in [-0.15, -0.1) is 0 Å². The van der Waals surface area contributed by atoms with Gasteiger partial charge in [0.15, 0.2) is 0 Å². The van der Waals surface area contributed by atoms with Crippen LogP contribution >= 0.6 is 0 Å². The van der Waals surface area contributed by atoms with Crippen molar-refractivity contribution in [1.29, 1.82) is 0 Å². The highest BCUT2D eigenvalue weighted by atomic mass is 16.4. The number of nitrogens with zero attached hydrogens (tertiary/aromatic N) is 1. The van der Waals surface area contributed by atoms with Gasteiger partial charge >= 0.3 is 5.97 Å². The zero-order valence-corrected chi connectivity index (χ0v) is 11.4. The molecule has 19 heavy (non-hydrogen) atoms. The molecule has 0 radical (unpaired) electrons. The lowest BCUT2D eigenvalue weighted by Gasteiger charge is -2.32. The van der Waals surface area contributed by atoms with Gasteiger partial charge in [0.05, 0.1) is 6.42 Å². The van der Waals surface area contributed by atoms with E-state index in [1.165, 1.54) is 19.3 Å². The molecule has 0 amide bonds. The fraction of sp³-hybridized carbons (Fsp3) is 0.533. The van der Waals surface area contributed by atoms with E-state index in [9.17, 15) is 4.79 Å². The molecule has 0 saturated carbocycles. The van der Waals surface area contributed by atoms with Crippen LogP contribution in [0.15, 0.2) is 18.2 Å². The molecule has 4 heteroatoms. The highest BCUT2D eigenvalue weighted by Gasteiger charge is 2.19. The van der Waals surface area contributed by atoms with Gasteiger partial charge in [-0.2, -0.15) is 0 Å². The van der Waals surface area contributed by atoms with Crippen LogP contribution < -0.4 is 10.6 Å². The molecule has 1 aliphatic heterocycles. The molecule has 1 heterocycles. The summed E-state index contributed by atoms with van der Waals surface area (Å²) in [7, 11) is 0. The third-order valence-corrected chi connectivity index (χ3v) is 3.67. The number of anilines is 1. The van der Waals surface area contributed by atoms with Crippen LogP contribution in [0.1, 0.15) is 42.9 Å².